The first-order valence-corrected chi connectivity index (χ1v) is 2.13. The van der Waals surface area contributed by atoms with Crippen LogP contribution in [0.1, 0.15) is 0 Å². The third-order valence-electron chi connectivity index (χ3n) is 0.848. The van der Waals surface area contributed by atoms with E-state index in [0.29, 0.717) is 13.3 Å². The molecule has 3 heteroatoms. The molecule has 0 spiro atoms. The van der Waals surface area contributed by atoms with Crippen LogP contribution in [0.25, 0.3) is 0 Å². The van der Waals surface area contributed by atoms with E-state index in [-0.39, 0.29) is 6.10 Å². The van der Waals surface area contributed by atoms with Crippen LogP contribution in [-0.2, 0) is 9.53 Å². The van der Waals surface area contributed by atoms with Crippen LogP contribution in [0.5, 0.6) is 0 Å². The van der Waals surface area contributed by atoms with Crippen LogP contribution in [-0.4, -0.2) is 25.7 Å². The van der Waals surface area contributed by atoms with E-state index in [1.807, 2.05) is 0 Å². The molecular formula is C4H6NO2. The van der Waals surface area contributed by atoms with Gasteiger partial charge in [-0.1, -0.05) is 0 Å². The monoisotopic (exact) mass is 100 g/mol. The summed E-state index contributed by atoms with van der Waals surface area (Å²) in [5.74, 6) is 0. The second kappa shape index (κ2) is 2.04. The molecule has 0 aromatic heterocycles. The fourth-order valence-electron chi connectivity index (χ4n) is 0.484. The molecule has 3 nitrogen and oxygen atoms in total. The Balaban J connectivity index is 2.26. The summed E-state index contributed by atoms with van der Waals surface area (Å²) in [5, 5.41) is 2.84. The van der Waals surface area contributed by atoms with Crippen molar-refractivity contribution < 1.29 is 9.53 Å². The first-order chi connectivity index (χ1) is 3.43. The summed E-state index contributed by atoms with van der Waals surface area (Å²) in [7, 11) is 0. The first-order valence-electron chi connectivity index (χ1n) is 2.13. The third kappa shape index (κ3) is 0.976. The molecule has 1 atom stereocenters. The van der Waals surface area contributed by atoms with Gasteiger partial charge in [0, 0.05) is 6.54 Å². The third-order valence-corrected chi connectivity index (χ3v) is 0.848. The average Bonchev–Trinajstić information content (AvgIpc) is 2.14. The summed E-state index contributed by atoms with van der Waals surface area (Å²) in [5.41, 5.74) is 0. The summed E-state index contributed by atoms with van der Waals surface area (Å²) in [6.45, 7) is 1.10. The Bertz CT molecular complexity index is 68.1. The molecule has 0 bridgehead atoms. The van der Waals surface area contributed by atoms with Gasteiger partial charge in [-0.25, -0.2) is 0 Å². The molecule has 0 saturated carbocycles. The van der Waals surface area contributed by atoms with Crippen molar-refractivity contribution in [2.75, 3.05) is 13.3 Å². The van der Waals surface area contributed by atoms with Crippen LogP contribution in [0.4, 0.5) is 0 Å². The summed E-state index contributed by atoms with van der Waals surface area (Å²) >= 11 is 0. The van der Waals surface area contributed by atoms with Gasteiger partial charge in [0.2, 0.25) is 6.29 Å². The fraction of sp³-hybridized carbons (Fsp3) is 0.750. The van der Waals surface area contributed by atoms with Gasteiger partial charge in [-0.15, -0.1) is 0 Å². The van der Waals surface area contributed by atoms with E-state index in [2.05, 4.69) is 5.32 Å². The fourth-order valence-corrected chi connectivity index (χ4v) is 0.484. The molecular weight excluding hydrogens is 94.0 g/mol. The van der Waals surface area contributed by atoms with E-state index >= 15 is 0 Å². The Kier molecular flexibility index (Phi) is 1.38. The minimum absolute atomic E-state index is 0.319. The second-order valence-electron chi connectivity index (χ2n) is 1.37. The molecule has 0 aliphatic carbocycles. The maximum Gasteiger partial charge on any atom is 0.231 e. The van der Waals surface area contributed by atoms with E-state index < -0.39 is 0 Å². The van der Waals surface area contributed by atoms with E-state index in [0.717, 1.165) is 0 Å². The first kappa shape index (κ1) is 4.74. The summed E-state index contributed by atoms with van der Waals surface area (Å²) in [4.78, 5) is 9.72. The Morgan fingerprint density at radius 3 is 3.00 bits per heavy atom. The Labute approximate surface area is 41.7 Å². The predicted molar refractivity (Wildman–Crippen MR) is 23.4 cm³/mol. The minimum Gasteiger partial charge on any atom is -0.353 e. The maximum absolute atomic E-state index is 9.72. The van der Waals surface area contributed by atoms with Gasteiger partial charge in [0.05, 0.1) is 6.73 Å². The van der Waals surface area contributed by atoms with Gasteiger partial charge in [-0.3, -0.25) is 10.1 Å². The Hall–Kier alpha value is -0.410. The van der Waals surface area contributed by atoms with Gasteiger partial charge in [0.1, 0.15) is 6.10 Å². The highest BCUT2D eigenvalue weighted by atomic mass is 16.5. The second-order valence-corrected chi connectivity index (χ2v) is 1.37. The Morgan fingerprint density at radius 1 is 1.86 bits per heavy atom. The van der Waals surface area contributed by atoms with Gasteiger partial charge in [0.25, 0.3) is 0 Å². The molecule has 1 fully saturated rings. The molecule has 1 rings (SSSR count). The SMILES string of the molecule is O=[C]C1CNCO1. The van der Waals surface area contributed by atoms with E-state index in [4.69, 9.17) is 4.74 Å². The normalized spacial score (nSPS) is 30.6. The molecule has 39 valence electrons. The molecule has 1 unspecified atom stereocenters. The van der Waals surface area contributed by atoms with Gasteiger partial charge in [0.15, 0.2) is 0 Å². The van der Waals surface area contributed by atoms with Crippen molar-refractivity contribution in [3.63, 3.8) is 0 Å². The topological polar surface area (TPSA) is 38.3 Å². The molecule has 1 aliphatic rings. The molecule has 1 saturated heterocycles. The van der Waals surface area contributed by atoms with Crippen molar-refractivity contribution in [2.45, 2.75) is 6.10 Å². The lowest BCUT2D eigenvalue weighted by Gasteiger charge is -1.90. The largest absolute Gasteiger partial charge is 0.353 e. The van der Waals surface area contributed by atoms with Crippen molar-refractivity contribution in [2.24, 2.45) is 0 Å². The number of ether oxygens (including phenoxy) is 1. The number of hydrogen-bond donors (Lipinski definition) is 1. The molecule has 1 radical (unpaired) electrons. The molecule has 0 aromatic carbocycles. The van der Waals surface area contributed by atoms with Crippen LogP contribution in [0.15, 0.2) is 0 Å². The number of nitrogens with one attached hydrogen (secondary N) is 1. The predicted octanol–water partition coefficient (Wildman–Crippen LogP) is -0.958. The smallest absolute Gasteiger partial charge is 0.231 e. The van der Waals surface area contributed by atoms with Crippen LogP contribution in [0.2, 0.25) is 0 Å². The molecule has 0 amide bonds. The van der Waals surface area contributed by atoms with Crippen LogP contribution in [0, 0.1) is 0 Å². The summed E-state index contributed by atoms with van der Waals surface area (Å²) in [6.07, 6.45) is 1.41. The molecule has 1 aliphatic heterocycles. The van der Waals surface area contributed by atoms with Crippen molar-refractivity contribution in [1.82, 2.24) is 5.32 Å². The summed E-state index contributed by atoms with van der Waals surface area (Å²) < 4.78 is 4.77. The number of hydrogen-bond acceptors (Lipinski definition) is 3. The average molecular weight is 100 g/mol. The minimum atomic E-state index is -0.319. The zero-order chi connectivity index (χ0) is 5.11. The maximum atomic E-state index is 9.72. The zero-order valence-electron chi connectivity index (χ0n) is 3.81. The van der Waals surface area contributed by atoms with E-state index in [9.17, 15) is 4.79 Å². The van der Waals surface area contributed by atoms with E-state index in [1.165, 1.54) is 0 Å². The number of carbonyl (C=O) groups excluding carboxylic acids is 1. The standard InChI is InChI=1S/C4H6NO2/c6-2-4-1-5-3-7-4/h4-5H,1,3H2. The van der Waals surface area contributed by atoms with Crippen molar-refractivity contribution >= 4 is 6.29 Å². The summed E-state index contributed by atoms with van der Waals surface area (Å²) in [6, 6.07) is 0. The van der Waals surface area contributed by atoms with Crippen molar-refractivity contribution in [3.8, 4) is 0 Å². The quantitative estimate of drug-likeness (QED) is 0.461. The highest BCUT2D eigenvalue weighted by Crippen LogP contribution is 1.90. The lowest BCUT2D eigenvalue weighted by Crippen LogP contribution is -2.14. The van der Waals surface area contributed by atoms with Gasteiger partial charge >= 0.3 is 0 Å². The van der Waals surface area contributed by atoms with Gasteiger partial charge in [-0.05, 0) is 0 Å². The lowest BCUT2D eigenvalue weighted by molar-refractivity contribution is 0.155. The van der Waals surface area contributed by atoms with Crippen LogP contribution >= 0.6 is 0 Å². The zero-order valence-corrected chi connectivity index (χ0v) is 3.81. The van der Waals surface area contributed by atoms with Crippen molar-refractivity contribution in [1.29, 1.82) is 0 Å². The Morgan fingerprint density at radius 2 is 2.71 bits per heavy atom. The molecule has 7 heavy (non-hydrogen) atoms. The van der Waals surface area contributed by atoms with Gasteiger partial charge < -0.3 is 4.74 Å². The molecule has 0 aromatic rings. The van der Waals surface area contributed by atoms with Crippen molar-refractivity contribution in [3.05, 3.63) is 0 Å². The van der Waals surface area contributed by atoms with Crippen LogP contribution in [0.3, 0.4) is 0 Å². The molecule has 1 heterocycles. The highest BCUT2D eigenvalue weighted by Gasteiger charge is 2.12. The van der Waals surface area contributed by atoms with Crippen LogP contribution < -0.4 is 5.32 Å². The van der Waals surface area contributed by atoms with Gasteiger partial charge in [-0.2, -0.15) is 0 Å². The highest BCUT2D eigenvalue weighted by molar-refractivity contribution is 5.57. The number of rotatable bonds is 1. The molecule has 1 N–H and O–H groups in total. The van der Waals surface area contributed by atoms with E-state index in [1.54, 1.807) is 6.29 Å². The lowest BCUT2D eigenvalue weighted by atomic mass is 10.4.